The van der Waals surface area contributed by atoms with Crippen molar-refractivity contribution in [1.29, 1.82) is 0 Å². The summed E-state index contributed by atoms with van der Waals surface area (Å²) in [5.41, 5.74) is 2.10. The molecule has 0 spiro atoms. The molecule has 0 unspecified atom stereocenters. The molecule has 0 radical (unpaired) electrons. The van der Waals surface area contributed by atoms with Crippen molar-refractivity contribution in [3.05, 3.63) is 63.9 Å². The Kier molecular flexibility index (Phi) is 4.40. The topological polar surface area (TPSA) is 29.5 Å². The summed E-state index contributed by atoms with van der Waals surface area (Å²) in [5.74, 6) is 0.189. The SMILES string of the molecule is Cc1ccc(OCc2cc(Cl)ccc2F)c(CO)c1. The Morgan fingerprint density at radius 1 is 1.16 bits per heavy atom. The number of halogens is 2. The summed E-state index contributed by atoms with van der Waals surface area (Å²) in [7, 11) is 0. The summed E-state index contributed by atoms with van der Waals surface area (Å²) in [6, 6.07) is 9.81. The van der Waals surface area contributed by atoms with Crippen LogP contribution in [-0.2, 0) is 13.2 Å². The van der Waals surface area contributed by atoms with E-state index in [0.29, 0.717) is 21.9 Å². The first-order valence-corrected chi connectivity index (χ1v) is 6.25. The van der Waals surface area contributed by atoms with E-state index < -0.39 is 0 Å². The van der Waals surface area contributed by atoms with Gasteiger partial charge >= 0.3 is 0 Å². The molecule has 100 valence electrons. The van der Waals surface area contributed by atoms with Crippen molar-refractivity contribution < 1.29 is 14.2 Å². The van der Waals surface area contributed by atoms with E-state index in [4.69, 9.17) is 16.3 Å². The molecule has 19 heavy (non-hydrogen) atoms. The van der Waals surface area contributed by atoms with Crippen LogP contribution >= 0.6 is 11.6 Å². The number of rotatable bonds is 4. The maximum atomic E-state index is 13.5. The predicted molar refractivity (Wildman–Crippen MR) is 72.8 cm³/mol. The summed E-state index contributed by atoms with van der Waals surface area (Å²) in [6.07, 6.45) is 0. The first kappa shape index (κ1) is 13.8. The molecule has 0 heterocycles. The molecule has 1 N–H and O–H groups in total. The van der Waals surface area contributed by atoms with Crippen molar-refractivity contribution in [1.82, 2.24) is 0 Å². The first-order chi connectivity index (χ1) is 9.10. The summed E-state index contributed by atoms with van der Waals surface area (Å²) in [5, 5.41) is 9.73. The van der Waals surface area contributed by atoms with E-state index in [1.165, 1.54) is 18.2 Å². The van der Waals surface area contributed by atoms with Gasteiger partial charge in [0.25, 0.3) is 0 Å². The van der Waals surface area contributed by atoms with Crippen LogP contribution in [0.15, 0.2) is 36.4 Å². The number of benzene rings is 2. The van der Waals surface area contributed by atoms with Crippen LogP contribution in [0.3, 0.4) is 0 Å². The van der Waals surface area contributed by atoms with Gasteiger partial charge in [0, 0.05) is 16.1 Å². The van der Waals surface area contributed by atoms with Crippen LogP contribution in [-0.4, -0.2) is 5.11 Å². The van der Waals surface area contributed by atoms with E-state index in [-0.39, 0.29) is 19.0 Å². The normalized spacial score (nSPS) is 10.5. The molecule has 0 saturated carbocycles. The molecule has 2 rings (SSSR count). The summed E-state index contributed by atoms with van der Waals surface area (Å²) in [6.45, 7) is 1.89. The van der Waals surface area contributed by atoms with Crippen molar-refractivity contribution in [2.45, 2.75) is 20.1 Å². The Morgan fingerprint density at radius 3 is 2.68 bits per heavy atom. The van der Waals surface area contributed by atoms with Crippen molar-refractivity contribution in [3.8, 4) is 5.75 Å². The highest BCUT2D eigenvalue weighted by Gasteiger charge is 2.07. The first-order valence-electron chi connectivity index (χ1n) is 5.87. The lowest BCUT2D eigenvalue weighted by molar-refractivity contribution is 0.257. The van der Waals surface area contributed by atoms with E-state index in [0.717, 1.165) is 5.56 Å². The van der Waals surface area contributed by atoms with Gasteiger partial charge in [0.2, 0.25) is 0 Å². The molecule has 0 amide bonds. The lowest BCUT2D eigenvalue weighted by Crippen LogP contribution is -2.01. The van der Waals surface area contributed by atoms with Gasteiger partial charge in [0.05, 0.1) is 6.61 Å². The number of aryl methyl sites for hydroxylation is 1. The smallest absolute Gasteiger partial charge is 0.129 e. The number of hydrogen-bond acceptors (Lipinski definition) is 2. The molecule has 0 atom stereocenters. The van der Waals surface area contributed by atoms with E-state index >= 15 is 0 Å². The van der Waals surface area contributed by atoms with Crippen LogP contribution in [0.1, 0.15) is 16.7 Å². The summed E-state index contributed by atoms with van der Waals surface area (Å²) < 4.78 is 19.1. The van der Waals surface area contributed by atoms with Crippen LogP contribution in [0.4, 0.5) is 4.39 Å². The number of aliphatic hydroxyl groups excluding tert-OH is 1. The highest BCUT2D eigenvalue weighted by Crippen LogP contribution is 2.22. The minimum atomic E-state index is -0.359. The molecule has 0 aliphatic heterocycles. The lowest BCUT2D eigenvalue weighted by atomic mass is 10.1. The summed E-state index contributed by atoms with van der Waals surface area (Å²) >= 11 is 5.82. The molecule has 2 nitrogen and oxygen atoms in total. The van der Waals surface area contributed by atoms with Crippen LogP contribution in [0.5, 0.6) is 5.75 Å². The average Bonchev–Trinajstić information content (AvgIpc) is 2.40. The van der Waals surface area contributed by atoms with Crippen LogP contribution in [0.2, 0.25) is 5.02 Å². The van der Waals surface area contributed by atoms with Gasteiger partial charge in [-0.3, -0.25) is 0 Å². The molecule has 0 aromatic heterocycles. The van der Waals surface area contributed by atoms with Gasteiger partial charge in [0.15, 0.2) is 0 Å². The van der Waals surface area contributed by atoms with Crippen molar-refractivity contribution in [2.75, 3.05) is 0 Å². The molecule has 0 aliphatic carbocycles. The fourth-order valence-electron chi connectivity index (χ4n) is 1.78. The minimum absolute atomic E-state index is 0.0719. The molecule has 0 fully saturated rings. The quantitative estimate of drug-likeness (QED) is 0.921. The predicted octanol–water partition coefficient (Wildman–Crippen LogP) is 3.86. The number of ether oxygens (including phenoxy) is 1. The molecule has 4 heteroatoms. The molecule has 0 bridgehead atoms. The lowest BCUT2D eigenvalue weighted by Gasteiger charge is -2.11. The standard InChI is InChI=1S/C15H14ClFO2/c1-10-2-5-15(11(6-10)8-18)19-9-12-7-13(16)3-4-14(12)17/h2-7,18H,8-9H2,1H3. The van der Waals surface area contributed by atoms with E-state index in [1.54, 1.807) is 6.07 Å². The Balaban J connectivity index is 2.16. The van der Waals surface area contributed by atoms with Gasteiger partial charge < -0.3 is 9.84 Å². The van der Waals surface area contributed by atoms with Gasteiger partial charge in [-0.15, -0.1) is 0 Å². The Bertz CT molecular complexity index is 584. The summed E-state index contributed by atoms with van der Waals surface area (Å²) in [4.78, 5) is 0. The fourth-order valence-corrected chi connectivity index (χ4v) is 1.98. The monoisotopic (exact) mass is 280 g/mol. The molecule has 0 aliphatic rings. The van der Waals surface area contributed by atoms with Gasteiger partial charge in [-0.2, -0.15) is 0 Å². The third kappa shape index (κ3) is 3.46. The van der Waals surface area contributed by atoms with Gasteiger partial charge in [0.1, 0.15) is 18.2 Å². The van der Waals surface area contributed by atoms with Gasteiger partial charge in [-0.05, 0) is 31.2 Å². The average molecular weight is 281 g/mol. The fraction of sp³-hybridized carbons (Fsp3) is 0.200. The maximum Gasteiger partial charge on any atom is 0.129 e. The van der Waals surface area contributed by atoms with E-state index in [9.17, 15) is 9.50 Å². The number of hydrogen-bond donors (Lipinski definition) is 1. The van der Waals surface area contributed by atoms with Gasteiger partial charge in [-0.1, -0.05) is 29.3 Å². The largest absolute Gasteiger partial charge is 0.488 e. The van der Waals surface area contributed by atoms with Crippen LogP contribution in [0, 0.1) is 12.7 Å². The Labute approximate surface area is 116 Å². The Morgan fingerprint density at radius 2 is 1.95 bits per heavy atom. The van der Waals surface area contributed by atoms with Crippen molar-refractivity contribution in [3.63, 3.8) is 0 Å². The zero-order valence-corrected chi connectivity index (χ0v) is 11.2. The van der Waals surface area contributed by atoms with Gasteiger partial charge in [-0.25, -0.2) is 4.39 Å². The third-order valence-electron chi connectivity index (χ3n) is 2.78. The van der Waals surface area contributed by atoms with E-state index in [2.05, 4.69) is 0 Å². The minimum Gasteiger partial charge on any atom is -0.488 e. The Hall–Kier alpha value is -1.58. The van der Waals surface area contributed by atoms with Crippen LogP contribution < -0.4 is 4.74 Å². The second-order valence-electron chi connectivity index (χ2n) is 4.29. The molecular formula is C15H14ClFO2. The van der Waals surface area contributed by atoms with E-state index in [1.807, 2.05) is 19.1 Å². The second-order valence-corrected chi connectivity index (χ2v) is 4.73. The second kappa shape index (κ2) is 6.04. The highest BCUT2D eigenvalue weighted by atomic mass is 35.5. The maximum absolute atomic E-state index is 13.5. The number of aliphatic hydroxyl groups is 1. The molecular weight excluding hydrogens is 267 g/mol. The zero-order valence-electron chi connectivity index (χ0n) is 10.5. The van der Waals surface area contributed by atoms with Crippen LogP contribution in [0.25, 0.3) is 0 Å². The third-order valence-corrected chi connectivity index (χ3v) is 3.01. The van der Waals surface area contributed by atoms with Crippen molar-refractivity contribution in [2.24, 2.45) is 0 Å². The highest BCUT2D eigenvalue weighted by molar-refractivity contribution is 6.30. The van der Waals surface area contributed by atoms with Crippen molar-refractivity contribution >= 4 is 11.6 Å². The molecule has 2 aromatic rings. The molecule has 2 aromatic carbocycles. The zero-order chi connectivity index (χ0) is 13.8. The molecule has 0 saturated heterocycles.